The van der Waals surface area contributed by atoms with Gasteiger partial charge in [0.2, 0.25) is 5.91 Å². The van der Waals surface area contributed by atoms with Gasteiger partial charge in [0.1, 0.15) is 5.82 Å². The lowest BCUT2D eigenvalue weighted by atomic mass is 9.83. The monoisotopic (exact) mass is 416 g/mol. The molecule has 0 saturated carbocycles. The summed E-state index contributed by atoms with van der Waals surface area (Å²) < 4.78 is 34.7. The Kier molecular flexibility index (Phi) is 5.25. The summed E-state index contributed by atoms with van der Waals surface area (Å²) in [5, 5.41) is 13.4. The number of alkyl halides is 2. The van der Waals surface area contributed by atoms with E-state index in [1.807, 2.05) is 11.6 Å². The molecule has 9 heteroatoms. The highest BCUT2D eigenvalue weighted by Crippen LogP contribution is 2.37. The van der Waals surface area contributed by atoms with E-state index in [-0.39, 0.29) is 24.7 Å². The summed E-state index contributed by atoms with van der Waals surface area (Å²) in [6.07, 6.45) is 1.23. The van der Waals surface area contributed by atoms with E-state index in [2.05, 4.69) is 15.3 Å². The van der Waals surface area contributed by atoms with Crippen molar-refractivity contribution in [2.45, 2.75) is 25.2 Å². The smallest absolute Gasteiger partial charge is 0.263 e. The highest BCUT2D eigenvalue weighted by Gasteiger charge is 2.38. The maximum absolute atomic E-state index is 13.7. The third-order valence-corrected chi connectivity index (χ3v) is 5.50. The predicted molar refractivity (Wildman–Crippen MR) is 107 cm³/mol. The van der Waals surface area contributed by atoms with Gasteiger partial charge in [0.15, 0.2) is 0 Å². The van der Waals surface area contributed by atoms with Crippen molar-refractivity contribution in [1.82, 2.24) is 14.5 Å². The first-order valence-electron chi connectivity index (χ1n) is 9.55. The highest BCUT2D eigenvalue weighted by molar-refractivity contribution is 5.98. The summed E-state index contributed by atoms with van der Waals surface area (Å²) in [5.74, 6) is 0.106. The third-order valence-electron chi connectivity index (χ3n) is 5.50. The molecule has 0 radical (unpaired) electrons. The number of nitrogens with zero attached hydrogens (tertiary/aromatic N) is 3. The molecule has 7 nitrogen and oxygen atoms in total. The van der Waals surface area contributed by atoms with Crippen molar-refractivity contribution in [2.75, 3.05) is 25.1 Å². The number of aromatic nitrogens is 3. The average molecular weight is 416 g/mol. The molecule has 4 heterocycles. The molecule has 0 aromatic carbocycles. The first kappa shape index (κ1) is 20.4. The number of nitrogens with one attached hydrogen (secondary N) is 1. The molecule has 2 N–H and O–H groups in total. The molecule has 1 aliphatic heterocycles. The maximum Gasteiger partial charge on any atom is 0.263 e. The van der Waals surface area contributed by atoms with Crippen LogP contribution < -0.4 is 5.32 Å². The van der Waals surface area contributed by atoms with Gasteiger partial charge in [0.25, 0.3) is 6.43 Å². The summed E-state index contributed by atoms with van der Waals surface area (Å²) in [4.78, 5) is 20.3. The second kappa shape index (κ2) is 7.73. The number of pyridine rings is 2. The summed E-state index contributed by atoms with van der Waals surface area (Å²) in [6, 6.07) is 4.42. The Morgan fingerprint density at radius 2 is 2.20 bits per heavy atom. The Morgan fingerprint density at radius 3 is 2.83 bits per heavy atom. The molecule has 1 saturated heterocycles. The van der Waals surface area contributed by atoms with Gasteiger partial charge in [-0.05, 0) is 24.6 Å². The molecular weight excluding hydrogens is 394 g/mol. The molecule has 0 spiro atoms. The molecule has 0 aliphatic carbocycles. The standard InChI is InChI=1S/C21H22F2N4O3/c1-12(29)25-19-7-14-15(9-27(2)17(14)8-24-19)16-5-13(20(22)23)6-18(26-16)21(10-28)3-4-30-11-21/h5-9,20,28H,3-4,10-11H2,1-2H3,(H,24,25,29)/t21-/m0/s1. The van der Waals surface area contributed by atoms with E-state index in [0.717, 1.165) is 10.9 Å². The minimum absolute atomic E-state index is 0.164. The van der Waals surface area contributed by atoms with E-state index in [0.29, 0.717) is 35.8 Å². The van der Waals surface area contributed by atoms with E-state index >= 15 is 0 Å². The predicted octanol–water partition coefficient (Wildman–Crippen LogP) is 3.18. The summed E-state index contributed by atoms with van der Waals surface area (Å²) in [5.41, 5.74) is 1.20. The first-order valence-corrected chi connectivity index (χ1v) is 9.55. The quantitative estimate of drug-likeness (QED) is 0.667. The van der Waals surface area contributed by atoms with Crippen molar-refractivity contribution in [3.63, 3.8) is 0 Å². The largest absolute Gasteiger partial charge is 0.395 e. The summed E-state index contributed by atoms with van der Waals surface area (Å²) in [6.45, 7) is 1.82. The zero-order chi connectivity index (χ0) is 21.5. The lowest BCUT2D eigenvalue weighted by molar-refractivity contribution is -0.114. The van der Waals surface area contributed by atoms with Gasteiger partial charge in [-0.2, -0.15) is 0 Å². The van der Waals surface area contributed by atoms with Crippen LogP contribution in [0, 0.1) is 0 Å². The van der Waals surface area contributed by atoms with Crippen LogP contribution in [0.4, 0.5) is 14.6 Å². The molecule has 3 aromatic rings. The Balaban J connectivity index is 1.91. The third kappa shape index (κ3) is 3.54. The molecule has 0 unspecified atom stereocenters. The van der Waals surface area contributed by atoms with Crippen molar-refractivity contribution in [1.29, 1.82) is 0 Å². The van der Waals surface area contributed by atoms with Gasteiger partial charge >= 0.3 is 0 Å². The zero-order valence-electron chi connectivity index (χ0n) is 16.7. The Morgan fingerprint density at radius 1 is 1.40 bits per heavy atom. The van der Waals surface area contributed by atoms with Crippen molar-refractivity contribution < 1.29 is 23.4 Å². The van der Waals surface area contributed by atoms with Crippen LogP contribution in [0.2, 0.25) is 0 Å². The molecular formula is C21H22F2N4O3. The first-order chi connectivity index (χ1) is 14.3. The molecule has 3 aromatic heterocycles. The van der Waals surface area contributed by atoms with Gasteiger partial charge in [0.05, 0.1) is 41.7 Å². The van der Waals surface area contributed by atoms with Crippen LogP contribution in [0.25, 0.3) is 22.2 Å². The van der Waals surface area contributed by atoms with Crippen LogP contribution in [0.5, 0.6) is 0 Å². The number of carbonyl (C=O) groups excluding carboxylic acids is 1. The van der Waals surface area contributed by atoms with Crippen LogP contribution in [-0.2, 0) is 22.0 Å². The molecule has 1 aliphatic rings. The van der Waals surface area contributed by atoms with E-state index in [4.69, 9.17) is 4.74 Å². The van der Waals surface area contributed by atoms with Crippen molar-refractivity contribution in [2.24, 2.45) is 7.05 Å². The van der Waals surface area contributed by atoms with Crippen molar-refractivity contribution in [3.05, 3.63) is 41.9 Å². The second-order valence-corrected chi connectivity index (χ2v) is 7.63. The van der Waals surface area contributed by atoms with E-state index in [9.17, 15) is 18.7 Å². The molecule has 4 rings (SSSR count). The molecule has 30 heavy (non-hydrogen) atoms. The second-order valence-electron chi connectivity index (χ2n) is 7.63. The summed E-state index contributed by atoms with van der Waals surface area (Å²) >= 11 is 0. The topological polar surface area (TPSA) is 89.3 Å². The van der Waals surface area contributed by atoms with Crippen LogP contribution in [-0.4, -0.2) is 45.4 Å². The van der Waals surface area contributed by atoms with Gasteiger partial charge in [-0.25, -0.2) is 13.8 Å². The molecule has 1 atom stereocenters. The Labute approximate surface area is 171 Å². The van der Waals surface area contributed by atoms with Crippen molar-refractivity contribution >= 4 is 22.6 Å². The van der Waals surface area contributed by atoms with Crippen LogP contribution in [0.3, 0.4) is 0 Å². The number of anilines is 1. The lowest BCUT2D eigenvalue weighted by Gasteiger charge is -2.25. The number of halogens is 2. The maximum atomic E-state index is 13.7. The average Bonchev–Trinajstić information content (AvgIpc) is 3.33. The number of fused-ring (bicyclic) bond motifs is 1. The lowest BCUT2D eigenvalue weighted by Crippen LogP contribution is -2.32. The molecule has 0 bridgehead atoms. The highest BCUT2D eigenvalue weighted by atomic mass is 19.3. The Bertz CT molecular complexity index is 1110. The normalized spacial score (nSPS) is 19.0. The van der Waals surface area contributed by atoms with Crippen LogP contribution >= 0.6 is 0 Å². The molecule has 1 fully saturated rings. The van der Waals surface area contributed by atoms with E-state index < -0.39 is 11.8 Å². The van der Waals surface area contributed by atoms with Crippen LogP contribution in [0.1, 0.15) is 31.0 Å². The van der Waals surface area contributed by atoms with Gasteiger partial charge in [-0.1, -0.05) is 0 Å². The number of ether oxygens (including phenoxy) is 1. The van der Waals surface area contributed by atoms with Gasteiger partial charge in [0, 0.05) is 43.3 Å². The number of amides is 1. The van der Waals surface area contributed by atoms with Crippen molar-refractivity contribution in [3.8, 4) is 11.3 Å². The summed E-state index contributed by atoms with van der Waals surface area (Å²) in [7, 11) is 1.82. The minimum Gasteiger partial charge on any atom is -0.395 e. The Hall–Kier alpha value is -2.91. The van der Waals surface area contributed by atoms with Gasteiger partial charge in [-0.15, -0.1) is 0 Å². The SMILES string of the molecule is CC(=O)Nc1cc2c(-c3cc(C(F)F)cc([C@]4(CO)CCOC4)n3)cn(C)c2cn1. The fraction of sp³-hybridized carbons (Fsp3) is 0.381. The number of aliphatic hydroxyl groups is 1. The zero-order valence-corrected chi connectivity index (χ0v) is 16.7. The fourth-order valence-electron chi connectivity index (χ4n) is 3.83. The number of hydrogen-bond acceptors (Lipinski definition) is 5. The number of carbonyl (C=O) groups is 1. The van der Waals surface area contributed by atoms with E-state index in [1.165, 1.54) is 19.1 Å². The number of aryl methyl sites for hydroxylation is 1. The number of rotatable bonds is 5. The molecule has 158 valence electrons. The van der Waals surface area contributed by atoms with Crippen LogP contribution in [0.15, 0.2) is 30.6 Å². The fourth-order valence-corrected chi connectivity index (χ4v) is 3.83. The number of hydrogen-bond donors (Lipinski definition) is 2. The molecule has 1 amide bonds. The number of aliphatic hydroxyl groups excluding tert-OH is 1. The van der Waals surface area contributed by atoms with Gasteiger partial charge < -0.3 is 19.7 Å². The van der Waals surface area contributed by atoms with Gasteiger partial charge in [-0.3, -0.25) is 9.78 Å². The van der Waals surface area contributed by atoms with E-state index in [1.54, 1.807) is 18.5 Å². The minimum atomic E-state index is -2.69.